The minimum atomic E-state index is -0.613. The SMILES string of the molecule is O=C1CCC(N2Cc3ccc(CNC(=O)NC4CCC4)cc3C2=O)C(=O)N1. The molecule has 8 heteroatoms. The summed E-state index contributed by atoms with van der Waals surface area (Å²) in [5, 5.41) is 8.02. The molecule has 142 valence electrons. The highest BCUT2D eigenvalue weighted by Gasteiger charge is 2.39. The highest BCUT2D eigenvalue weighted by molar-refractivity contribution is 6.05. The predicted molar refractivity (Wildman–Crippen MR) is 95.5 cm³/mol. The van der Waals surface area contributed by atoms with Crippen molar-refractivity contribution in [2.45, 2.75) is 57.3 Å². The van der Waals surface area contributed by atoms with Gasteiger partial charge < -0.3 is 15.5 Å². The lowest BCUT2D eigenvalue weighted by atomic mass is 9.93. The third-order valence-electron chi connectivity index (χ3n) is 5.49. The molecule has 0 aromatic heterocycles. The van der Waals surface area contributed by atoms with Crippen molar-refractivity contribution in [3.8, 4) is 0 Å². The van der Waals surface area contributed by atoms with E-state index in [4.69, 9.17) is 0 Å². The van der Waals surface area contributed by atoms with E-state index < -0.39 is 11.9 Å². The summed E-state index contributed by atoms with van der Waals surface area (Å²) in [6.07, 6.45) is 3.79. The molecule has 1 saturated heterocycles. The van der Waals surface area contributed by atoms with Crippen LogP contribution in [0.2, 0.25) is 0 Å². The highest BCUT2D eigenvalue weighted by atomic mass is 16.2. The fourth-order valence-electron chi connectivity index (χ4n) is 3.68. The Kier molecular flexibility index (Phi) is 4.55. The quantitative estimate of drug-likeness (QED) is 0.681. The molecule has 1 aliphatic carbocycles. The predicted octanol–water partition coefficient (Wildman–Crippen LogP) is 0.799. The molecule has 2 heterocycles. The summed E-state index contributed by atoms with van der Waals surface area (Å²) in [6, 6.07) is 4.97. The summed E-state index contributed by atoms with van der Waals surface area (Å²) in [5.41, 5.74) is 2.24. The number of piperidine rings is 1. The van der Waals surface area contributed by atoms with Gasteiger partial charge in [0.2, 0.25) is 11.8 Å². The van der Waals surface area contributed by atoms with E-state index in [9.17, 15) is 19.2 Å². The van der Waals surface area contributed by atoms with E-state index in [1.165, 1.54) is 4.90 Å². The molecular weight excluding hydrogens is 348 g/mol. The van der Waals surface area contributed by atoms with Gasteiger partial charge in [0, 0.05) is 31.1 Å². The summed E-state index contributed by atoms with van der Waals surface area (Å²) < 4.78 is 0. The van der Waals surface area contributed by atoms with E-state index >= 15 is 0 Å². The number of fused-ring (bicyclic) bond motifs is 1. The first kappa shape index (κ1) is 17.5. The van der Waals surface area contributed by atoms with Crippen LogP contribution in [0.1, 0.15) is 53.6 Å². The summed E-state index contributed by atoms with van der Waals surface area (Å²) >= 11 is 0. The maximum Gasteiger partial charge on any atom is 0.315 e. The van der Waals surface area contributed by atoms with Crippen LogP contribution in [0.3, 0.4) is 0 Å². The molecule has 3 aliphatic rings. The van der Waals surface area contributed by atoms with Gasteiger partial charge in [0.25, 0.3) is 5.91 Å². The van der Waals surface area contributed by atoms with Crippen molar-refractivity contribution in [1.29, 1.82) is 0 Å². The van der Waals surface area contributed by atoms with Gasteiger partial charge in [0.15, 0.2) is 0 Å². The van der Waals surface area contributed by atoms with Crippen LogP contribution in [-0.2, 0) is 22.7 Å². The van der Waals surface area contributed by atoms with Crippen LogP contribution >= 0.6 is 0 Å². The van der Waals surface area contributed by atoms with Crippen molar-refractivity contribution < 1.29 is 19.2 Å². The number of hydrogen-bond acceptors (Lipinski definition) is 4. The van der Waals surface area contributed by atoms with Gasteiger partial charge in [0.1, 0.15) is 6.04 Å². The first-order valence-electron chi connectivity index (χ1n) is 9.32. The topological polar surface area (TPSA) is 108 Å². The van der Waals surface area contributed by atoms with Crippen molar-refractivity contribution in [3.05, 3.63) is 34.9 Å². The Morgan fingerprint density at radius 1 is 1.19 bits per heavy atom. The number of carbonyl (C=O) groups is 4. The molecule has 0 bridgehead atoms. The number of nitrogens with one attached hydrogen (secondary N) is 3. The Hall–Kier alpha value is -2.90. The second-order valence-corrected chi connectivity index (χ2v) is 7.35. The van der Waals surface area contributed by atoms with Crippen LogP contribution in [0, 0.1) is 0 Å². The fraction of sp³-hybridized carbons (Fsp3) is 0.474. The van der Waals surface area contributed by atoms with E-state index in [-0.39, 0.29) is 30.3 Å². The van der Waals surface area contributed by atoms with Crippen molar-refractivity contribution in [2.24, 2.45) is 0 Å². The lowest BCUT2D eigenvalue weighted by Gasteiger charge is -2.29. The Morgan fingerprint density at radius 3 is 2.70 bits per heavy atom. The third kappa shape index (κ3) is 3.51. The van der Waals surface area contributed by atoms with Crippen LogP contribution in [-0.4, -0.2) is 40.7 Å². The first-order chi connectivity index (χ1) is 13.0. The van der Waals surface area contributed by atoms with E-state index in [0.29, 0.717) is 25.1 Å². The molecule has 0 radical (unpaired) electrons. The van der Waals surface area contributed by atoms with Gasteiger partial charge in [-0.15, -0.1) is 0 Å². The molecule has 8 nitrogen and oxygen atoms in total. The van der Waals surface area contributed by atoms with Gasteiger partial charge >= 0.3 is 6.03 Å². The van der Waals surface area contributed by atoms with E-state index in [2.05, 4.69) is 16.0 Å². The number of amides is 5. The fourth-order valence-corrected chi connectivity index (χ4v) is 3.68. The van der Waals surface area contributed by atoms with Crippen molar-refractivity contribution in [1.82, 2.24) is 20.9 Å². The lowest BCUT2D eigenvalue weighted by molar-refractivity contribution is -0.136. The molecule has 1 aromatic carbocycles. The third-order valence-corrected chi connectivity index (χ3v) is 5.49. The Balaban J connectivity index is 1.39. The van der Waals surface area contributed by atoms with Crippen LogP contribution in [0.5, 0.6) is 0 Å². The first-order valence-corrected chi connectivity index (χ1v) is 9.32. The van der Waals surface area contributed by atoms with E-state index in [1.807, 2.05) is 12.1 Å². The van der Waals surface area contributed by atoms with E-state index in [0.717, 1.165) is 30.4 Å². The number of imide groups is 1. The molecular formula is C19H22N4O4. The van der Waals surface area contributed by atoms with Crippen molar-refractivity contribution >= 4 is 23.8 Å². The molecule has 27 heavy (non-hydrogen) atoms. The number of rotatable bonds is 4. The number of carbonyl (C=O) groups excluding carboxylic acids is 4. The molecule has 0 spiro atoms. The molecule has 4 rings (SSSR count). The largest absolute Gasteiger partial charge is 0.335 e. The summed E-state index contributed by atoms with van der Waals surface area (Å²) in [4.78, 5) is 49.5. The van der Waals surface area contributed by atoms with Gasteiger partial charge in [-0.1, -0.05) is 12.1 Å². The van der Waals surface area contributed by atoms with E-state index in [1.54, 1.807) is 6.07 Å². The summed E-state index contributed by atoms with van der Waals surface area (Å²) in [7, 11) is 0. The smallest absolute Gasteiger partial charge is 0.315 e. The molecule has 1 aromatic rings. The monoisotopic (exact) mass is 370 g/mol. The molecule has 2 aliphatic heterocycles. The lowest BCUT2D eigenvalue weighted by Crippen LogP contribution is -2.52. The second kappa shape index (κ2) is 7.02. The standard InChI is InChI=1S/C19H22N4O4/c24-16-7-6-15(17(25)22-16)23-10-12-5-4-11(8-14(12)18(23)26)9-20-19(27)21-13-2-1-3-13/h4-5,8,13,15H,1-3,6-7,9-10H2,(H2,20,21,27)(H,22,24,25). The Labute approximate surface area is 156 Å². The molecule has 1 atom stereocenters. The minimum Gasteiger partial charge on any atom is -0.335 e. The number of hydrogen-bond donors (Lipinski definition) is 3. The zero-order valence-electron chi connectivity index (χ0n) is 14.9. The molecule has 1 unspecified atom stereocenters. The molecule has 3 N–H and O–H groups in total. The molecule has 5 amide bonds. The van der Waals surface area contributed by atoms with Crippen molar-refractivity contribution in [2.75, 3.05) is 0 Å². The molecule has 1 saturated carbocycles. The summed E-state index contributed by atoms with van der Waals surface area (Å²) in [5.74, 6) is -0.920. The maximum absolute atomic E-state index is 12.8. The van der Waals surface area contributed by atoms with Crippen LogP contribution in [0.4, 0.5) is 4.79 Å². The Bertz CT molecular complexity index is 818. The zero-order valence-corrected chi connectivity index (χ0v) is 14.9. The summed E-state index contributed by atoms with van der Waals surface area (Å²) in [6.45, 7) is 0.688. The Morgan fingerprint density at radius 2 is 2.00 bits per heavy atom. The van der Waals surface area contributed by atoms with Crippen LogP contribution < -0.4 is 16.0 Å². The van der Waals surface area contributed by atoms with Gasteiger partial charge in [-0.3, -0.25) is 19.7 Å². The average molecular weight is 370 g/mol. The number of urea groups is 1. The average Bonchev–Trinajstić information content (AvgIpc) is 2.93. The van der Waals surface area contributed by atoms with Crippen LogP contribution in [0.15, 0.2) is 18.2 Å². The van der Waals surface area contributed by atoms with Crippen LogP contribution in [0.25, 0.3) is 0 Å². The maximum atomic E-state index is 12.8. The minimum absolute atomic E-state index is 0.198. The highest BCUT2D eigenvalue weighted by Crippen LogP contribution is 2.28. The van der Waals surface area contributed by atoms with Gasteiger partial charge in [-0.2, -0.15) is 0 Å². The number of nitrogens with zero attached hydrogens (tertiary/aromatic N) is 1. The van der Waals surface area contributed by atoms with Gasteiger partial charge in [0.05, 0.1) is 0 Å². The van der Waals surface area contributed by atoms with Crippen molar-refractivity contribution in [3.63, 3.8) is 0 Å². The van der Waals surface area contributed by atoms with Gasteiger partial charge in [-0.05, 0) is 42.9 Å². The van der Waals surface area contributed by atoms with Gasteiger partial charge in [-0.25, -0.2) is 4.79 Å². The second-order valence-electron chi connectivity index (χ2n) is 7.35. The molecule has 2 fully saturated rings. The normalized spacial score (nSPS) is 22.1. The number of benzene rings is 1. The zero-order chi connectivity index (χ0) is 19.0.